The van der Waals surface area contributed by atoms with Crippen molar-refractivity contribution in [3.05, 3.63) is 54.6 Å². The number of carbonyl (C=O) groups is 3. The highest BCUT2D eigenvalue weighted by Gasteiger charge is 2.41. The zero-order valence-electron chi connectivity index (χ0n) is 22.8. The van der Waals surface area contributed by atoms with Gasteiger partial charge in [-0.15, -0.1) is 0 Å². The highest BCUT2D eigenvalue weighted by atomic mass is 16.6. The maximum atomic E-state index is 12.8. The van der Waals surface area contributed by atoms with E-state index in [9.17, 15) is 14.4 Å². The molecule has 0 heterocycles. The monoisotopic (exact) mass is 512 g/mol. The molecule has 0 saturated carbocycles. The Morgan fingerprint density at radius 1 is 0.649 bits per heavy atom. The Morgan fingerprint density at radius 2 is 1.19 bits per heavy atom. The number of esters is 3. The average molecular weight is 513 g/mol. The van der Waals surface area contributed by atoms with Gasteiger partial charge >= 0.3 is 17.9 Å². The lowest BCUT2D eigenvalue weighted by Crippen LogP contribution is -2.40. The Kier molecular flexibility index (Phi) is 12.1. The maximum Gasteiger partial charge on any atom is 0.310 e. The quantitative estimate of drug-likeness (QED) is 0.178. The predicted molar refractivity (Wildman–Crippen MR) is 142 cm³/mol. The van der Waals surface area contributed by atoms with Crippen LogP contribution in [0, 0.1) is 17.8 Å². The van der Waals surface area contributed by atoms with Gasteiger partial charge < -0.3 is 18.9 Å². The number of ether oxygens (including phenoxy) is 4. The molecule has 202 valence electrons. The van der Waals surface area contributed by atoms with Gasteiger partial charge in [0.25, 0.3) is 0 Å². The van der Waals surface area contributed by atoms with Gasteiger partial charge in [0.1, 0.15) is 5.75 Å². The SMILES string of the molecule is CC(C)OC(=O)C(C)C(C(=O)OC(C)C)C(C)C(=O)OCCCCOc1ccccc1-c1ccccc1. The molecule has 37 heavy (non-hydrogen) atoms. The molecule has 0 saturated heterocycles. The first-order valence-corrected chi connectivity index (χ1v) is 13.0. The highest BCUT2D eigenvalue weighted by molar-refractivity contribution is 5.87. The fourth-order valence-electron chi connectivity index (χ4n) is 3.92. The third-order valence-corrected chi connectivity index (χ3v) is 5.81. The van der Waals surface area contributed by atoms with Crippen molar-refractivity contribution in [3.63, 3.8) is 0 Å². The first-order chi connectivity index (χ1) is 17.6. The molecule has 0 fully saturated rings. The van der Waals surface area contributed by atoms with Crippen molar-refractivity contribution < 1.29 is 33.3 Å². The zero-order chi connectivity index (χ0) is 27.4. The van der Waals surface area contributed by atoms with Crippen LogP contribution >= 0.6 is 0 Å². The summed E-state index contributed by atoms with van der Waals surface area (Å²) in [5.41, 5.74) is 2.10. The molecule has 3 atom stereocenters. The number of para-hydroxylation sites is 1. The van der Waals surface area contributed by atoms with E-state index in [4.69, 9.17) is 18.9 Å². The summed E-state index contributed by atoms with van der Waals surface area (Å²) < 4.78 is 22.0. The second-order valence-corrected chi connectivity index (χ2v) is 9.66. The van der Waals surface area contributed by atoms with Gasteiger partial charge in [-0.2, -0.15) is 0 Å². The number of unbranched alkanes of at least 4 members (excludes halogenated alkanes) is 1. The smallest absolute Gasteiger partial charge is 0.310 e. The summed E-state index contributed by atoms with van der Waals surface area (Å²) in [6.45, 7) is 10.7. The maximum absolute atomic E-state index is 12.8. The van der Waals surface area contributed by atoms with Crippen LogP contribution in [-0.2, 0) is 28.6 Å². The summed E-state index contributed by atoms with van der Waals surface area (Å²) in [5, 5.41) is 0. The lowest BCUT2D eigenvalue weighted by molar-refractivity contribution is -0.171. The van der Waals surface area contributed by atoms with E-state index in [1.54, 1.807) is 41.5 Å². The Bertz CT molecular complexity index is 1000. The third-order valence-electron chi connectivity index (χ3n) is 5.81. The first kappa shape index (κ1) is 29.9. The van der Waals surface area contributed by atoms with E-state index >= 15 is 0 Å². The van der Waals surface area contributed by atoms with Gasteiger partial charge in [0.05, 0.1) is 43.2 Å². The van der Waals surface area contributed by atoms with Crippen molar-refractivity contribution in [1.82, 2.24) is 0 Å². The fraction of sp³-hybridized carbons (Fsp3) is 0.500. The molecule has 3 unspecified atom stereocenters. The molecule has 7 nitrogen and oxygen atoms in total. The molecule has 2 rings (SSSR count). The van der Waals surface area contributed by atoms with Crippen molar-refractivity contribution in [2.45, 2.75) is 66.6 Å². The number of hydrogen-bond donors (Lipinski definition) is 0. The minimum Gasteiger partial charge on any atom is -0.493 e. The second-order valence-electron chi connectivity index (χ2n) is 9.66. The highest BCUT2D eigenvalue weighted by Crippen LogP contribution is 2.30. The molecule has 0 N–H and O–H groups in total. The Labute approximate surface area is 220 Å². The van der Waals surface area contributed by atoms with Gasteiger partial charge in [-0.05, 0) is 52.2 Å². The van der Waals surface area contributed by atoms with Crippen LogP contribution in [-0.4, -0.2) is 43.3 Å². The van der Waals surface area contributed by atoms with Crippen molar-refractivity contribution in [1.29, 1.82) is 0 Å². The van der Waals surface area contributed by atoms with Crippen LogP contribution in [0.3, 0.4) is 0 Å². The average Bonchev–Trinajstić information content (AvgIpc) is 2.85. The third kappa shape index (κ3) is 9.56. The summed E-state index contributed by atoms with van der Waals surface area (Å²) >= 11 is 0. The predicted octanol–water partition coefficient (Wildman–Crippen LogP) is 5.85. The second kappa shape index (κ2) is 15.0. The molecule has 0 aliphatic carbocycles. The molecule has 0 aromatic heterocycles. The van der Waals surface area contributed by atoms with E-state index in [-0.39, 0.29) is 18.8 Å². The van der Waals surface area contributed by atoms with Crippen molar-refractivity contribution in [3.8, 4) is 16.9 Å². The van der Waals surface area contributed by atoms with Crippen LogP contribution in [0.25, 0.3) is 11.1 Å². The van der Waals surface area contributed by atoms with Crippen LogP contribution in [0.4, 0.5) is 0 Å². The normalized spacial score (nSPS) is 13.5. The fourth-order valence-corrected chi connectivity index (χ4v) is 3.92. The summed E-state index contributed by atoms with van der Waals surface area (Å²) in [6, 6.07) is 17.9. The van der Waals surface area contributed by atoms with Gasteiger partial charge in [0.2, 0.25) is 0 Å². The minimum atomic E-state index is -1.00. The standard InChI is InChI=1S/C30H40O7/c1-20(2)36-29(32)23(6)27(30(33)37-21(3)4)22(5)28(31)35-19-13-12-18-34-26-17-11-10-16-25(26)24-14-8-7-9-15-24/h7-11,14-17,20-23,27H,12-13,18-19H2,1-6H3. The molecule has 7 heteroatoms. The molecule has 0 radical (unpaired) electrons. The molecule has 0 aliphatic heterocycles. The van der Waals surface area contributed by atoms with E-state index in [2.05, 4.69) is 0 Å². The Morgan fingerprint density at radius 3 is 1.84 bits per heavy atom. The van der Waals surface area contributed by atoms with Crippen LogP contribution in [0.2, 0.25) is 0 Å². The molecule has 0 amide bonds. The van der Waals surface area contributed by atoms with Gasteiger partial charge in [0, 0.05) is 5.56 Å². The van der Waals surface area contributed by atoms with Crippen LogP contribution < -0.4 is 4.74 Å². The summed E-state index contributed by atoms with van der Waals surface area (Å²) in [4.78, 5) is 38.0. The number of hydrogen-bond acceptors (Lipinski definition) is 7. The zero-order valence-corrected chi connectivity index (χ0v) is 22.8. The first-order valence-electron chi connectivity index (χ1n) is 13.0. The lowest BCUT2D eigenvalue weighted by Gasteiger charge is -2.27. The summed E-state index contributed by atoms with van der Waals surface area (Å²) in [6.07, 6.45) is 0.568. The van der Waals surface area contributed by atoms with Gasteiger partial charge in [-0.25, -0.2) is 0 Å². The van der Waals surface area contributed by atoms with Gasteiger partial charge in [-0.1, -0.05) is 62.4 Å². The van der Waals surface area contributed by atoms with Crippen molar-refractivity contribution in [2.24, 2.45) is 17.8 Å². The largest absolute Gasteiger partial charge is 0.493 e. The van der Waals surface area contributed by atoms with E-state index in [1.807, 2.05) is 54.6 Å². The van der Waals surface area contributed by atoms with Gasteiger partial charge in [-0.3, -0.25) is 14.4 Å². The van der Waals surface area contributed by atoms with E-state index < -0.39 is 35.7 Å². The minimum absolute atomic E-state index is 0.184. The number of carbonyl (C=O) groups excluding carboxylic acids is 3. The van der Waals surface area contributed by atoms with Crippen LogP contribution in [0.1, 0.15) is 54.4 Å². The molecule has 0 spiro atoms. The summed E-state index contributed by atoms with van der Waals surface area (Å²) in [7, 11) is 0. The van der Waals surface area contributed by atoms with Crippen molar-refractivity contribution >= 4 is 17.9 Å². The van der Waals surface area contributed by atoms with Crippen molar-refractivity contribution in [2.75, 3.05) is 13.2 Å². The Hall–Kier alpha value is -3.35. The number of rotatable bonds is 14. The van der Waals surface area contributed by atoms with Gasteiger partial charge in [0.15, 0.2) is 0 Å². The topological polar surface area (TPSA) is 88.1 Å². The van der Waals surface area contributed by atoms with Crippen LogP contribution in [0.5, 0.6) is 5.75 Å². The Balaban J connectivity index is 1.87. The lowest BCUT2D eigenvalue weighted by atomic mass is 9.83. The number of benzene rings is 2. The van der Waals surface area contributed by atoms with E-state index in [0.29, 0.717) is 19.4 Å². The molecule has 2 aromatic carbocycles. The van der Waals surface area contributed by atoms with E-state index in [0.717, 1.165) is 16.9 Å². The molecule has 0 aliphatic rings. The molecular weight excluding hydrogens is 472 g/mol. The molecular formula is C30H40O7. The van der Waals surface area contributed by atoms with Crippen LogP contribution in [0.15, 0.2) is 54.6 Å². The molecule has 2 aromatic rings. The summed E-state index contributed by atoms with van der Waals surface area (Å²) in [5.74, 6) is -3.63. The molecule has 0 bridgehead atoms. The van der Waals surface area contributed by atoms with E-state index in [1.165, 1.54) is 0 Å².